The Morgan fingerprint density at radius 3 is 2.54 bits per heavy atom. The van der Waals surface area contributed by atoms with E-state index in [-0.39, 0.29) is 24.7 Å². The van der Waals surface area contributed by atoms with Gasteiger partial charge in [0.05, 0.1) is 11.3 Å². The Morgan fingerprint density at radius 1 is 1.12 bits per heavy atom. The van der Waals surface area contributed by atoms with Crippen molar-refractivity contribution in [2.24, 2.45) is 0 Å². The second-order valence-electron chi connectivity index (χ2n) is 6.39. The van der Waals surface area contributed by atoms with Gasteiger partial charge in [-0.05, 0) is 36.4 Å². The zero-order valence-corrected chi connectivity index (χ0v) is 15.6. The first-order chi connectivity index (χ1) is 12.4. The Bertz CT molecular complexity index is 928. The molecule has 2 aliphatic rings. The molecule has 1 saturated heterocycles. The zero-order valence-electron chi connectivity index (χ0n) is 14.0. The standard InChI is InChI=1S/C19H16BrN3O3/c1-22-17(25)14-4-2-3-5-15(14)23-16(24)10-11-19(22,23)18(26)21-13-8-6-12(20)7-9-13/h2-9H,10-11H2,1H3,(H,21,26). The Hall–Kier alpha value is -2.67. The fourth-order valence-corrected chi connectivity index (χ4v) is 3.96. The third-order valence-electron chi connectivity index (χ3n) is 5.01. The summed E-state index contributed by atoms with van der Waals surface area (Å²) in [6.45, 7) is 0. The molecule has 1 N–H and O–H groups in total. The molecule has 0 radical (unpaired) electrons. The quantitative estimate of drug-likeness (QED) is 0.822. The van der Waals surface area contributed by atoms with Crippen LogP contribution in [0.25, 0.3) is 0 Å². The monoisotopic (exact) mass is 413 g/mol. The van der Waals surface area contributed by atoms with Crippen molar-refractivity contribution in [3.63, 3.8) is 0 Å². The molecular weight excluding hydrogens is 398 g/mol. The van der Waals surface area contributed by atoms with Crippen molar-refractivity contribution >= 4 is 45.0 Å². The second-order valence-corrected chi connectivity index (χ2v) is 7.30. The number of fused-ring (bicyclic) bond motifs is 3. The van der Waals surface area contributed by atoms with Crippen LogP contribution in [0, 0.1) is 0 Å². The number of likely N-dealkylation sites (N-methyl/N-ethyl adjacent to an activating group) is 1. The molecular formula is C19H16BrN3O3. The highest BCUT2D eigenvalue weighted by atomic mass is 79.9. The maximum atomic E-state index is 13.3. The Morgan fingerprint density at radius 2 is 1.81 bits per heavy atom. The summed E-state index contributed by atoms with van der Waals surface area (Å²) in [6.07, 6.45) is 0.463. The van der Waals surface area contributed by atoms with E-state index in [9.17, 15) is 14.4 Å². The number of halogens is 1. The van der Waals surface area contributed by atoms with E-state index in [2.05, 4.69) is 21.2 Å². The van der Waals surface area contributed by atoms with Crippen molar-refractivity contribution in [3.05, 3.63) is 58.6 Å². The molecule has 2 aliphatic heterocycles. The second kappa shape index (κ2) is 5.95. The van der Waals surface area contributed by atoms with E-state index >= 15 is 0 Å². The fraction of sp³-hybridized carbons (Fsp3) is 0.211. The van der Waals surface area contributed by atoms with Crippen LogP contribution >= 0.6 is 15.9 Å². The lowest BCUT2D eigenvalue weighted by atomic mass is 9.96. The van der Waals surface area contributed by atoms with Crippen LogP contribution in [0.2, 0.25) is 0 Å². The van der Waals surface area contributed by atoms with E-state index < -0.39 is 11.6 Å². The molecule has 0 saturated carbocycles. The minimum Gasteiger partial charge on any atom is -0.322 e. The lowest BCUT2D eigenvalue weighted by molar-refractivity contribution is -0.128. The molecule has 7 heteroatoms. The number of nitrogens with zero attached hydrogens (tertiary/aromatic N) is 2. The molecule has 1 atom stereocenters. The number of anilines is 2. The van der Waals surface area contributed by atoms with Gasteiger partial charge in [-0.3, -0.25) is 19.3 Å². The van der Waals surface area contributed by atoms with Crippen LogP contribution in [0.3, 0.4) is 0 Å². The summed E-state index contributed by atoms with van der Waals surface area (Å²) in [4.78, 5) is 41.6. The van der Waals surface area contributed by atoms with E-state index in [4.69, 9.17) is 0 Å². The minimum atomic E-state index is -1.35. The molecule has 0 spiro atoms. The van der Waals surface area contributed by atoms with Crippen molar-refractivity contribution in [1.82, 2.24) is 4.90 Å². The first-order valence-electron chi connectivity index (χ1n) is 8.22. The summed E-state index contributed by atoms with van der Waals surface area (Å²) in [7, 11) is 1.57. The molecule has 2 aromatic carbocycles. The van der Waals surface area contributed by atoms with Crippen molar-refractivity contribution in [2.75, 3.05) is 17.3 Å². The van der Waals surface area contributed by atoms with Crippen molar-refractivity contribution in [2.45, 2.75) is 18.5 Å². The molecule has 1 unspecified atom stereocenters. The molecule has 0 bridgehead atoms. The maximum Gasteiger partial charge on any atom is 0.271 e. The van der Waals surface area contributed by atoms with Gasteiger partial charge in [0, 0.05) is 30.0 Å². The van der Waals surface area contributed by atoms with Gasteiger partial charge in [-0.1, -0.05) is 28.1 Å². The molecule has 3 amide bonds. The number of para-hydroxylation sites is 1. The van der Waals surface area contributed by atoms with Gasteiger partial charge in [-0.2, -0.15) is 0 Å². The van der Waals surface area contributed by atoms with Gasteiger partial charge in [0.25, 0.3) is 11.8 Å². The Kier molecular flexibility index (Phi) is 3.84. The highest BCUT2D eigenvalue weighted by molar-refractivity contribution is 9.10. The van der Waals surface area contributed by atoms with Gasteiger partial charge in [0.2, 0.25) is 11.6 Å². The van der Waals surface area contributed by atoms with Gasteiger partial charge in [0.1, 0.15) is 0 Å². The van der Waals surface area contributed by atoms with Crippen LogP contribution in [-0.2, 0) is 9.59 Å². The average molecular weight is 414 g/mol. The van der Waals surface area contributed by atoms with Crippen molar-refractivity contribution in [1.29, 1.82) is 0 Å². The van der Waals surface area contributed by atoms with E-state index in [1.54, 1.807) is 43.4 Å². The molecule has 0 aromatic heterocycles. The van der Waals surface area contributed by atoms with Gasteiger partial charge >= 0.3 is 0 Å². The van der Waals surface area contributed by atoms with Gasteiger partial charge in [-0.15, -0.1) is 0 Å². The highest BCUT2D eigenvalue weighted by Crippen LogP contribution is 2.44. The molecule has 2 aromatic rings. The van der Waals surface area contributed by atoms with Crippen LogP contribution in [0.5, 0.6) is 0 Å². The first-order valence-corrected chi connectivity index (χ1v) is 9.02. The zero-order chi connectivity index (χ0) is 18.5. The summed E-state index contributed by atoms with van der Waals surface area (Å²) < 4.78 is 0.894. The third kappa shape index (κ3) is 2.27. The van der Waals surface area contributed by atoms with Crippen LogP contribution in [0.1, 0.15) is 23.2 Å². The molecule has 6 nitrogen and oxygen atoms in total. The van der Waals surface area contributed by atoms with Crippen molar-refractivity contribution < 1.29 is 14.4 Å². The molecule has 1 fully saturated rings. The number of benzene rings is 2. The van der Waals surface area contributed by atoms with Gasteiger partial charge in [-0.25, -0.2) is 0 Å². The first kappa shape index (κ1) is 16.8. The number of amides is 3. The SMILES string of the molecule is CN1C(=O)c2ccccc2N2C(=O)CCC12C(=O)Nc1ccc(Br)cc1. The molecule has 2 heterocycles. The minimum absolute atomic E-state index is 0.164. The number of nitrogens with one attached hydrogen (secondary N) is 1. The molecule has 4 rings (SSSR count). The smallest absolute Gasteiger partial charge is 0.271 e. The molecule has 132 valence electrons. The Balaban J connectivity index is 1.80. The predicted molar refractivity (Wildman–Crippen MR) is 101 cm³/mol. The summed E-state index contributed by atoms with van der Waals surface area (Å²) in [5.41, 5.74) is 0.170. The Labute approximate surface area is 158 Å². The molecule has 26 heavy (non-hydrogen) atoms. The van der Waals surface area contributed by atoms with Crippen LogP contribution in [0.4, 0.5) is 11.4 Å². The van der Waals surface area contributed by atoms with E-state index in [0.29, 0.717) is 16.9 Å². The predicted octanol–water partition coefficient (Wildman–Crippen LogP) is 3.00. The highest BCUT2D eigenvalue weighted by Gasteiger charge is 2.59. The van der Waals surface area contributed by atoms with Crippen LogP contribution in [0.15, 0.2) is 53.0 Å². The summed E-state index contributed by atoms with van der Waals surface area (Å²) in [5, 5.41) is 2.86. The molecule has 0 aliphatic carbocycles. The number of rotatable bonds is 2. The number of carbonyl (C=O) groups is 3. The number of hydrogen-bond donors (Lipinski definition) is 1. The van der Waals surface area contributed by atoms with E-state index in [1.165, 1.54) is 9.80 Å². The maximum absolute atomic E-state index is 13.3. The third-order valence-corrected chi connectivity index (χ3v) is 5.54. The van der Waals surface area contributed by atoms with Crippen LogP contribution < -0.4 is 10.2 Å². The number of carbonyl (C=O) groups excluding carboxylic acids is 3. The number of hydrogen-bond acceptors (Lipinski definition) is 3. The lowest BCUT2D eigenvalue weighted by Crippen LogP contribution is -2.68. The average Bonchev–Trinajstić information content (AvgIpc) is 3.00. The van der Waals surface area contributed by atoms with Crippen LogP contribution in [-0.4, -0.2) is 35.3 Å². The fourth-order valence-electron chi connectivity index (χ4n) is 3.69. The van der Waals surface area contributed by atoms with E-state index in [1.807, 2.05) is 12.1 Å². The summed E-state index contributed by atoms with van der Waals surface area (Å²) in [5.74, 6) is -0.823. The normalized spacial score (nSPS) is 21.5. The van der Waals surface area contributed by atoms with Gasteiger partial charge in [0.15, 0.2) is 0 Å². The largest absolute Gasteiger partial charge is 0.322 e. The summed E-state index contributed by atoms with van der Waals surface area (Å²) in [6, 6.07) is 14.1. The summed E-state index contributed by atoms with van der Waals surface area (Å²) >= 11 is 3.36. The topological polar surface area (TPSA) is 69.7 Å². The lowest BCUT2D eigenvalue weighted by Gasteiger charge is -2.47. The van der Waals surface area contributed by atoms with Crippen molar-refractivity contribution in [3.8, 4) is 0 Å². The van der Waals surface area contributed by atoms with Gasteiger partial charge < -0.3 is 10.2 Å². The van der Waals surface area contributed by atoms with E-state index in [0.717, 1.165) is 4.47 Å².